The summed E-state index contributed by atoms with van der Waals surface area (Å²) < 4.78 is 43.5. The summed E-state index contributed by atoms with van der Waals surface area (Å²) in [5.41, 5.74) is 0.902. The van der Waals surface area contributed by atoms with E-state index in [0.717, 1.165) is 34.3 Å². The summed E-state index contributed by atoms with van der Waals surface area (Å²) in [6, 6.07) is 8.53. The average molecular weight is 426 g/mol. The van der Waals surface area contributed by atoms with Crippen LogP contribution in [0.1, 0.15) is 16.1 Å². The Balaban J connectivity index is 1.99. The molecule has 0 atom stereocenters. The Labute approximate surface area is 151 Å². The van der Waals surface area contributed by atoms with Gasteiger partial charge >= 0.3 is 0 Å². The van der Waals surface area contributed by atoms with Gasteiger partial charge in [0, 0.05) is 21.7 Å². The van der Waals surface area contributed by atoms with E-state index in [1.807, 2.05) is 6.07 Å². The molecule has 0 unspecified atom stereocenters. The third kappa shape index (κ3) is 3.45. The minimum atomic E-state index is -3.52. The van der Waals surface area contributed by atoms with Gasteiger partial charge in [0.25, 0.3) is 5.91 Å². The molecule has 3 rings (SSSR count). The summed E-state index contributed by atoms with van der Waals surface area (Å²) in [5, 5.41) is 3.13. The Morgan fingerprint density at radius 1 is 1.20 bits per heavy atom. The number of aryl methyl sites for hydroxylation is 1. The van der Waals surface area contributed by atoms with Crippen molar-refractivity contribution in [2.75, 3.05) is 11.6 Å². The van der Waals surface area contributed by atoms with Gasteiger partial charge in [-0.25, -0.2) is 12.8 Å². The molecule has 1 aromatic heterocycles. The number of amides is 1. The summed E-state index contributed by atoms with van der Waals surface area (Å²) in [6.07, 6.45) is 1.01. The van der Waals surface area contributed by atoms with Crippen molar-refractivity contribution in [3.63, 3.8) is 0 Å². The quantitative estimate of drug-likeness (QED) is 0.634. The number of rotatable bonds is 3. The zero-order chi connectivity index (χ0) is 18.4. The number of benzene rings is 2. The Hall–Kier alpha value is -2.19. The third-order valence-corrected chi connectivity index (χ3v) is 5.32. The zero-order valence-electron chi connectivity index (χ0n) is 13.3. The molecular weight excluding hydrogens is 413 g/mol. The number of carbonyl (C=O) groups excluding carboxylic acids is 1. The second kappa shape index (κ2) is 6.27. The van der Waals surface area contributed by atoms with Crippen LogP contribution in [0.5, 0.6) is 0 Å². The lowest BCUT2D eigenvalue weighted by Gasteiger charge is -2.07. The number of anilines is 1. The molecule has 1 amide bonds. The van der Waals surface area contributed by atoms with Gasteiger partial charge in [0.05, 0.1) is 10.6 Å². The van der Waals surface area contributed by atoms with Gasteiger partial charge in [-0.3, -0.25) is 4.79 Å². The first kappa shape index (κ1) is 17.6. The number of sulfone groups is 1. The number of halogens is 2. The molecule has 0 bridgehead atoms. The lowest BCUT2D eigenvalue weighted by molar-refractivity contribution is 0.0997. The van der Waals surface area contributed by atoms with Gasteiger partial charge in [0.2, 0.25) is 0 Å². The molecule has 3 aromatic rings. The van der Waals surface area contributed by atoms with Crippen LogP contribution < -0.4 is 5.32 Å². The third-order valence-electron chi connectivity index (χ3n) is 3.72. The van der Waals surface area contributed by atoms with Gasteiger partial charge in [0.1, 0.15) is 11.4 Å². The van der Waals surface area contributed by atoms with Crippen molar-refractivity contribution in [2.45, 2.75) is 11.8 Å². The van der Waals surface area contributed by atoms with E-state index in [2.05, 4.69) is 21.2 Å². The van der Waals surface area contributed by atoms with Crippen LogP contribution in [0.25, 0.3) is 11.0 Å². The fraction of sp³-hybridized carbons (Fsp3) is 0.118. The number of hydrogen-bond donors (Lipinski definition) is 1. The first-order valence-electron chi connectivity index (χ1n) is 7.16. The van der Waals surface area contributed by atoms with E-state index in [1.165, 1.54) is 0 Å². The molecule has 1 heterocycles. The van der Waals surface area contributed by atoms with Gasteiger partial charge in [-0.2, -0.15) is 0 Å². The molecule has 130 valence electrons. The topological polar surface area (TPSA) is 76.4 Å². The summed E-state index contributed by atoms with van der Waals surface area (Å²) in [7, 11) is -3.52. The molecule has 0 aliphatic heterocycles. The van der Waals surface area contributed by atoms with E-state index in [4.69, 9.17) is 4.42 Å². The summed E-state index contributed by atoms with van der Waals surface area (Å²) in [4.78, 5) is 12.4. The van der Waals surface area contributed by atoms with Crippen molar-refractivity contribution in [1.82, 2.24) is 0 Å². The SMILES string of the molecule is Cc1c(C(=O)Nc2cc(S(C)(=O)=O)ccc2F)oc2ccc(Br)cc12. The molecule has 25 heavy (non-hydrogen) atoms. The number of nitrogens with one attached hydrogen (secondary N) is 1. The van der Waals surface area contributed by atoms with Crippen molar-refractivity contribution in [1.29, 1.82) is 0 Å². The molecule has 5 nitrogen and oxygen atoms in total. The Bertz CT molecular complexity index is 1110. The highest BCUT2D eigenvalue weighted by molar-refractivity contribution is 9.10. The molecule has 0 saturated carbocycles. The number of carbonyl (C=O) groups is 1. The predicted molar refractivity (Wildman–Crippen MR) is 96.1 cm³/mol. The monoisotopic (exact) mass is 425 g/mol. The molecule has 0 aliphatic carbocycles. The van der Waals surface area contributed by atoms with Crippen LogP contribution in [-0.4, -0.2) is 20.6 Å². The number of furan rings is 1. The van der Waals surface area contributed by atoms with Crippen LogP contribution in [0.4, 0.5) is 10.1 Å². The van der Waals surface area contributed by atoms with Gasteiger partial charge in [-0.05, 0) is 43.3 Å². The normalized spacial score (nSPS) is 11.7. The van der Waals surface area contributed by atoms with Gasteiger partial charge in [-0.1, -0.05) is 15.9 Å². The van der Waals surface area contributed by atoms with Crippen molar-refractivity contribution < 1.29 is 22.0 Å². The average Bonchev–Trinajstić information content (AvgIpc) is 2.85. The van der Waals surface area contributed by atoms with Crippen molar-refractivity contribution in [2.24, 2.45) is 0 Å². The molecule has 1 N–H and O–H groups in total. The molecule has 0 radical (unpaired) electrons. The minimum Gasteiger partial charge on any atom is -0.451 e. The van der Waals surface area contributed by atoms with E-state index in [-0.39, 0.29) is 16.3 Å². The highest BCUT2D eigenvalue weighted by Gasteiger charge is 2.20. The second-order valence-electron chi connectivity index (χ2n) is 5.56. The van der Waals surface area contributed by atoms with Crippen LogP contribution >= 0.6 is 15.9 Å². The second-order valence-corrected chi connectivity index (χ2v) is 8.50. The molecule has 0 fully saturated rings. The smallest absolute Gasteiger partial charge is 0.291 e. The Morgan fingerprint density at radius 2 is 1.92 bits per heavy atom. The maximum atomic E-state index is 13.9. The van der Waals surface area contributed by atoms with E-state index in [9.17, 15) is 17.6 Å². The van der Waals surface area contributed by atoms with Crippen LogP contribution in [0.15, 0.2) is 50.2 Å². The molecule has 0 spiro atoms. The van der Waals surface area contributed by atoms with Gasteiger partial charge < -0.3 is 9.73 Å². The standard InChI is InChI=1S/C17H13BrFNO4S/c1-9-12-7-10(18)3-6-15(12)24-16(9)17(21)20-14-8-11(25(2,22)23)4-5-13(14)19/h3-8H,1-2H3,(H,20,21). The molecule has 8 heteroatoms. The lowest BCUT2D eigenvalue weighted by Crippen LogP contribution is -2.14. The predicted octanol–water partition coefficient (Wildman–Crippen LogP) is 4.30. The summed E-state index contributed by atoms with van der Waals surface area (Å²) in [5.74, 6) is -1.36. The first-order valence-corrected chi connectivity index (χ1v) is 9.85. The van der Waals surface area contributed by atoms with Crippen molar-refractivity contribution in [3.8, 4) is 0 Å². The van der Waals surface area contributed by atoms with Crippen LogP contribution in [0.2, 0.25) is 0 Å². The van der Waals surface area contributed by atoms with Crippen molar-refractivity contribution in [3.05, 3.63) is 58.0 Å². The zero-order valence-corrected chi connectivity index (χ0v) is 15.7. The highest BCUT2D eigenvalue weighted by Crippen LogP contribution is 2.29. The largest absolute Gasteiger partial charge is 0.451 e. The highest BCUT2D eigenvalue weighted by atomic mass is 79.9. The minimum absolute atomic E-state index is 0.0391. The maximum Gasteiger partial charge on any atom is 0.291 e. The van der Waals surface area contributed by atoms with Gasteiger partial charge in [-0.15, -0.1) is 0 Å². The fourth-order valence-electron chi connectivity index (χ4n) is 2.42. The number of hydrogen-bond acceptors (Lipinski definition) is 4. The fourth-order valence-corrected chi connectivity index (χ4v) is 3.43. The Morgan fingerprint density at radius 3 is 2.60 bits per heavy atom. The lowest BCUT2D eigenvalue weighted by atomic mass is 10.1. The van der Waals surface area contributed by atoms with E-state index < -0.39 is 21.6 Å². The summed E-state index contributed by atoms with van der Waals surface area (Å²) in [6.45, 7) is 1.72. The summed E-state index contributed by atoms with van der Waals surface area (Å²) >= 11 is 3.35. The number of fused-ring (bicyclic) bond motifs is 1. The van der Waals surface area contributed by atoms with E-state index in [1.54, 1.807) is 19.1 Å². The van der Waals surface area contributed by atoms with E-state index >= 15 is 0 Å². The Kier molecular flexibility index (Phi) is 4.42. The van der Waals surface area contributed by atoms with Gasteiger partial charge in [0.15, 0.2) is 15.6 Å². The van der Waals surface area contributed by atoms with Crippen LogP contribution in [-0.2, 0) is 9.84 Å². The molecule has 2 aromatic carbocycles. The van der Waals surface area contributed by atoms with E-state index in [0.29, 0.717) is 11.1 Å². The molecular formula is C17H13BrFNO4S. The molecule has 0 aliphatic rings. The van der Waals surface area contributed by atoms with Crippen LogP contribution in [0, 0.1) is 12.7 Å². The van der Waals surface area contributed by atoms with Crippen molar-refractivity contribution >= 4 is 48.3 Å². The molecule has 0 saturated heterocycles. The maximum absolute atomic E-state index is 13.9. The van der Waals surface area contributed by atoms with Crippen LogP contribution in [0.3, 0.4) is 0 Å². The first-order chi connectivity index (χ1) is 11.7.